The highest BCUT2D eigenvalue weighted by molar-refractivity contribution is 5.97. The fourth-order valence-electron chi connectivity index (χ4n) is 3.28. The lowest BCUT2D eigenvalue weighted by Gasteiger charge is -2.36. The molecule has 7 heteroatoms. The van der Waals surface area contributed by atoms with Crippen LogP contribution < -0.4 is 10.6 Å². The van der Waals surface area contributed by atoms with Gasteiger partial charge in [-0.05, 0) is 26.0 Å². The van der Waals surface area contributed by atoms with Crippen LogP contribution in [0.15, 0.2) is 31.0 Å². The first-order valence-corrected chi connectivity index (χ1v) is 8.86. The Labute approximate surface area is 154 Å². The first kappa shape index (κ1) is 18.1. The van der Waals surface area contributed by atoms with E-state index in [1.54, 1.807) is 6.07 Å². The zero-order valence-corrected chi connectivity index (χ0v) is 15.5. The van der Waals surface area contributed by atoms with Gasteiger partial charge < -0.3 is 10.6 Å². The number of rotatable bonds is 6. The summed E-state index contributed by atoms with van der Waals surface area (Å²) in [6.45, 7) is 12.8. The Morgan fingerprint density at radius 2 is 2.00 bits per heavy atom. The Bertz CT molecular complexity index is 804. The van der Waals surface area contributed by atoms with Crippen molar-refractivity contribution < 1.29 is 4.79 Å². The van der Waals surface area contributed by atoms with Crippen molar-refractivity contribution in [2.45, 2.75) is 26.9 Å². The van der Waals surface area contributed by atoms with Crippen molar-refractivity contribution >= 4 is 11.7 Å². The topological polar surface area (TPSA) is 80.3 Å². The average Bonchev–Trinajstić information content (AvgIpc) is 2.95. The van der Waals surface area contributed by atoms with E-state index in [1.807, 2.05) is 30.7 Å². The summed E-state index contributed by atoms with van der Waals surface area (Å²) < 4.78 is 1.92. The lowest BCUT2D eigenvalue weighted by atomic mass is 10.2. The summed E-state index contributed by atoms with van der Waals surface area (Å²) in [5.74, 6) is 0.271. The van der Waals surface area contributed by atoms with Crippen LogP contribution in [-0.2, 0) is 13.1 Å². The zero-order chi connectivity index (χ0) is 18.7. The van der Waals surface area contributed by atoms with E-state index in [1.165, 1.54) is 5.56 Å². The number of hydrogen-bond acceptors (Lipinski definition) is 5. The third-order valence-electron chi connectivity index (χ3n) is 4.71. The van der Waals surface area contributed by atoms with E-state index in [0.29, 0.717) is 11.4 Å². The molecule has 1 fully saturated rings. The van der Waals surface area contributed by atoms with Crippen LogP contribution in [0.1, 0.15) is 27.3 Å². The number of aryl methyl sites for hydroxylation is 2. The van der Waals surface area contributed by atoms with Crippen molar-refractivity contribution in [3.8, 4) is 0 Å². The highest BCUT2D eigenvalue weighted by Crippen LogP contribution is 2.21. The molecular weight excluding hydrogens is 328 g/mol. The molecule has 3 rings (SSSR count). The van der Waals surface area contributed by atoms with E-state index >= 15 is 0 Å². The number of nitrogens with two attached hydrogens (primary N) is 1. The van der Waals surface area contributed by atoms with Crippen LogP contribution in [0.25, 0.3) is 0 Å². The van der Waals surface area contributed by atoms with Crippen molar-refractivity contribution in [2.75, 3.05) is 31.1 Å². The Morgan fingerprint density at radius 3 is 2.65 bits per heavy atom. The molecule has 7 nitrogen and oxygen atoms in total. The monoisotopic (exact) mass is 354 g/mol. The van der Waals surface area contributed by atoms with Crippen LogP contribution in [0.5, 0.6) is 0 Å². The number of allylic oxidation sites excluding steroid dienone is 1. The smallest absolute Gasteiger partial charge is 0.252 e. The molecule has 0 atom stereocenters. The first-order chi connectivity index (χ1) is 12.5. The molecule has 0 spiro atoms. The molecule has 2 aromatic heterocycles. The first-order valence-electron chi connectivity index (χ1n) is 8.86. The molecule has 26 heavy (non-hydrogen) atoms. The highest BCUT2D eigenvalue weighted by atomic mass is 16.1. The number of anilines is 1. The van der Waals surface area contributed by atoms with Crippen molar-refractivity contribution in [3.05, 3.63) is 53.5 Å². The minimum atomic E-state index is -0.430. The second kappa shape index (κ2) is 7.70. The van der Waals surface area contributed by atoms with Gasteiger partial charge in [-0.25, -0.2) is 4.98 Å². The predicted octanol–water partition coefficient (Wildman–Crippen LogP) is 1.50. The third-order valence-corrected chi connectivity index (χ3v) is 4.71. The van der Waals surface area contributed by atoms with Crippen molar-refractivity contribution in [1.82, 2.24) is 19.7 Å². The quantitative estimate of drug-likeness (QED) is 0.795. The number of hydrogen-bond donors (Lipinski definition) is 1. The van der Waals surface area contributed by atoms with Gasteiger partial charge in [-0.3, -0.25) is 14.4 Å². The van der Waals surface area contributed by atoms with Gasteiger partial charge in [0.15, 0.2) is 0 Å². The molecule has 0 aliphatic carbocycles. The number of aromatic nitrogens is 3. The maximum Gasteiger partial charge on any atom is 0.252 e. The van der Waals surface area contributed by atoms with Crippen molar-refractivity contribution in [3.63, 3.8) is 0 Å². The van der Waals surface area contributed by atoms with Crippen LogP contribution in [0.4, 0.5) is 5.82 Å². The van der Waals surface area contributed by atoms with E-state index < -0.39 is 5.91 Å². The van der Waals surface area contributed by atoms with Gasteiger partial charge in [-0.15, -0.1) is 6.58 Å². The minimum absolute atomic E-state index is 0.430. The lowest BCUT2D eigenvalue weighted by Crippen LogP contribution is -2.47. The number of piperazine rings is 1. The molecule has 0 radical (unpaired) electrons. The normalized spacial score (nSPS) is 15.2. The van der Waals surface area contributed by atoms with E-state index in [-0.39, 0.29) is 0 Å². The van der Waals surface area contributed by atoms with E-state index in [9.17, 15) is 4.79 Å². The number of amides is 1. The third kappa shape index (κ3) is 3.94. The van der Waals surface area contributed by atoms with Crippen molar-refractivity contribution in [1.29, 1.82) is 0 Å². The van der Waals surface area contributed by atoms with Gasteiger partial charge in [0.25, 0.3) is 5.91 Å². The second-order valence-corrected chi connectivity index (χ2v) is 6.70. The molecule has 0 aromatic carbocycles. The second-order valence-electron chi connectivity index (χ2n) is 6.70. The number of carbonyl (C=O) groups excluding carboxylic acids is 1. The van der Waals surface area contributed by atoms with Crippen LogP contribution in [0.3, 0.4) is 0 Å². The molecule has 1 aliphatic heterocycles. The molecule has 1 saturated heterocycles. The summed E-state index contributed by atoms with van der Waals surface area (Å²) in [5.41, 5.74) is 9.19. The summed E-state index contributed by atoms with van der Waals surface area (Å²) >= 11 is 0. The largest absolute Gasteiger partial charge is 0.365 e. The maximum absolute atomic E-state index is 11.7. The van der Waals surface area contributed by atoms with Gasteiger partial charge in [0.05, 0.1) is 17.8 Å². The highest BCUT2D eigenvalue weighted by Gasteiger charge is 2.23. The maximum atomic E-state index is 11.7. The fourth-order valence-corrected chi connectivity index (χ4v) is 3.28. The van der Waals surface area contributed by atoms with Gasteiger partial charge in [0.2, 0.25) is 0 Å². The average molecular weight is 354 g/mol. The summed E-state index contributed by atoms with van der Waals surface area (Å²) in [4.78, 5) is 20.8. The van der Waals surface area contributed by atoms with E-state index in [2.05, 4.69) is 32.7 Å². The van der Waals surface area contributed by atoms with E-state index in [4.69, 9.17) is 5.73 Å². The SMILES string of the molecule is C=CCn1cc(CN2CCN(c3nc(C)ccc3C(N)=O)CC2)c(C)n1. The predicted molar refractivity (Wildman–Crippen MR) is 102 cm³/mol. The molecule has 2 N–H and O–H groups in total. The molecule has 3 heterocycles. The molecule has 0 unspecified atom stereocenters. The minimum Gasteiger partial charge on any atom is -0.365 e. The summed E-state index contributed by atoms with van der Waals surface area (Å²) in [5, 5.41) is 4.52. The van der Waals surface area contributed by atoms with E-state index in [0.717, 1.165) is 50.7 Å². The van der Waals surface area contributed by atoms with Gasteiger partial charge in [-0.1, -0.05) is 6.08 Å². The van der Waals surface area contributed by atoms with Gasteiger partial charge >= 0.3 is 0 Å². The molecule has 0 bridgehead atoms. The number of nitrogens with zero attached hydrogens (tertiary/aromatic N) is 5. The van der Waals surface area contributed by atoms with Crippen LogP contribution in [0.2, 0.25) is 0 Å². The number of carbonyl (C=O) groups is 1. The van der Waals surface area contributed by atoms with Crippen LogP contribution >= 0.6 is 0 Å². The molecule has 2 aromatic rings. The Hall–Kier alpha value is -2.67. The van der Waals surface area contributed by atoms with Gasteiger partial charge in [0.1, 0.15) is 5.82 Å². The number of primary amides is 1. The Balaban J connectivity index is 1.66. The lowest BCUT2D eigenvalue weighted by molar-refractivity contribution is 0.1000. The van der Waals surface area contributed by atoms with Crippen LogP contribution in [-0.4, -0.2) is 51.8 Å². The summed E-state index contributed by atoms with van der Waals surface area (Å²) in [6, 6.07) is 3.59. The van der Waals surface area contributed by atoms with Gasteiger partial charge in [-0.2, -0.15) is 5.10 Å². The Morgan fingerprint density at radius 1 is 1.27 bits per heavy atom. The van der Waals surface area contributed by atoms with Gasteiger partial charge in [0, 0.05) is 50.2 Å². The van der Waals surface area contributed by atoms with Crippen LogP contribution in [0, 0.1) is 13.8 Å². The fraction of sp³-hybridized carbons (Fsp3) is 0.421. The molecule has 0 saturated carbocycles. The molecule has 138 valence electrons. The summed E-state index contributed by atoms with van der Waals surface area (Å²) in [7, 11) is 0. The Kier molecular flexibility index (Phi) is 5.37. The summed E-state index contributed by atoms with van der Waals surface area (Å²) in [6.07, 6.45) is 3.94. The molecule has 1 amide bonds. The molecule has 1 aliphatic rings. The number of pyridine rings is 1. The van der Waals surface area contributed by atoms with Crippen molar-refractivity contribution in [2.24, 2.45) is 5.73 Å². The zero-order valence-electron chi connectivity index (χ0n) is 15.5. The molecular formula is C19H26N6O. The standard InChI is InChI=1S/C19H26N6O/c1-4-7-25-13-16(15(3)22-25)12-23-8-10-24(11-9-23)19-17(18(20)26)6-5-14(2)21-19/h4-6,13H,1,7-12H2,2-3H3,(H2,20,26).